The third-order valence-corrected chi connectivity index (χ3v) is 2.83. The highest BCUT2D eigenvalue weighted by Crippen LogP contribution is 2.13. The van der Waals surface area contributed by atoms with Gasteiger partial charge in [-0.15, -0.1) is 11.3 Å². The average Bonchev–Trinajstić information content (AvgIpc) is 2.62. The third-order valence-electron chi connectivity index (χ3n) is 1.55. The average molecular weight is 245 g/mol. The van der Waals surface area contributed by atoms with Gasteiger partial charge in [-0.25, -0.2) is 4.98 Å². The lowest BCUT2D eigenvalue weighted by atomic mass is 10.3. The van der Waals surface area contributed by atoms with E-state index in [1.165, 1.54) is 11.3 Å². The molecule has 0 aliphatic rings. The Kier molecular flexibility index (Phi) is 1.98. The molecule has 0 aliphatic heterocycles. The number of hydrogen-bond acceptors (Lipinski definition) is 3. The van der Waals surface area contributed by atoms with Gasteiger partial charge in [0.15, 0.2) is 10.7 Å². The van der Waals surface area contributed by atoms with E-state index < -0.39 is 0 Å². The minimum atomic E-state index is 0.0564. The minimum Gasteiger partial charge on any atom is -0.291 e. The molecule has 12 heavy (non-hydrogen) atoms. The molecule has 0 N–H and O–H groups in total. The fraction of sp³-hybridized carbons (Fsp3) is 0.143. The number of nitrogens with zero attached hydrogens (tertiary/aromatic N) is 2. The Labute approximate surface area is 81.2 Å². The van der Waals surface area contributed by atoms with Gasteiger partial charge in [0.1, 0.15) is 5.69 Å². The summed E-state index contributed by atoms with van der Waals surface area (Å²) in [7, 11) is 0. The Morgan fingerprint density at radius 3 is 3.33 bits per heavy atom. The van der Waals surface area contributed by atoms with E-state index in [0.717, 1.165) is 4.96 Å². The number of Topliss-reactive ketones (excluding diaryl/α,β-unsaturated/α-hetero) is 1. The Morgan fingerprint density at radius 2 is 2.58 bits per heavy atom. The zero-order valence-corrected chi connectivity index (χ0v) is 8.43. The molecule has 0 saturated carbocycles. The molecule has 0 atom stereocenters. The van der Waals surface area contributed by atoms with Crippen LogP contribution < -0.4 is 0 Å². The molecule has 0 aromatic carbocycles. The quantitative estimate of drug-likeness (QED) is 0.598. The van der Waals surface area contributed by atoms with E-state index in [2.05, 4.69) is 20.9 Å². The van der Waals surface area contributed by atoms with Gasteiger partial charge in [0.2, 0.25) is 0 Å². The number of rotatable bonds is 2. The van der Waals surface area contributed by atoms with E-state index in [-0.39, 0.29) is 5.78 Å². The lowest BCUT2D eigenvalue weighted by Gasteiger charge is -1.91. The number of thiazole rings is 1. The topological polar surface area (TPSA) is 34.4 Å². The SMILES string of the molecule is O=C(CBr)c1cnc2sccn12. The molecule has 0 unspecified atom stereocenters. The van der Waals surface area contributed by atoms with E-state index in [9.17, 15) is 4.79 Å². The second kappa shape index (κ2) is 2.99. The molecular weight excluding hydrogens is 240 g/mol. The van der Waals surface area contributed by atoms with Crippen molar-refractivity contribution in [3.8, 4) is 0 Å². The van der Waals surface area contributed by atoms with Crippen LogP contribution in [0, 0.1) is 0 Å². The van der Waals surface area contributed by atoms with Crippen LogP contribution in [0.1, 0.15) is 10.5 Å². The lowest BCUT2D eigenvalue weighted by molar-refractivity contribution is 0.101. The summed E-state index contributed by atoms with van der Waals surface area (Å²) in [6.07, 6.45) is 3.46. The standard InChI is InChI=1S/C7H5BrN2OS/c8-3-6(11)5-4-9-7-10(5)1-2-12-7/h1-2,4H,3H2. The molecule has 5 heteroatoms. The van der Waals surface area contributed by atoms with Crippen LogP contribution in [0.2, 0.25) is 0 Å². The fourth-order valence-corrected chi connectivity index (χ4v) is 1.98. The van der Waals surface area contributed by atoms with Crippen LogP contribution >= 0.6 is 27.3 Å². The first kappa shape index (κ1) is 7.94. The van der Waals surface area contributed by atoms with E-state index in [0.29, 0.717) is 11.0 Å². The van der Waals surface area contributed by atoms with Crippen molar-refractivity contribution in [2.45, 2.75) is 0 Å². The highest BCUT2D eigenvalue weighted by Gasteiger charge is 2.10. The smallest absolute Gasteiger partial charge is 0.194 e. The second-order valence-corrected chi connectivity index (χ2v) is 3.69. The Hall–Kier alpha value is -0.680. The Balaban J connectivity index is 2.61. The molecule has 0 aliphatic carbocycles. The largest absolute Gasteiger partial charge is 0.291 e. The number of aromatic nitrogens is 2. The number of hydrogen-bond donors (Lipinski definition) is 0. The normalized spacial score (nSPS) is 10.8. The predicted molar refractivity (Wildman–Crippen MR) is 51.2 cm³/mol. The van der Waals surface area contributed by atoms with Gasteiger partial charge in [-0.05, 0) is 0 Å². The van der Waals surface area contributed by atoms with Gasteiger partial charge in [0.25, 0.3) is 0 Å². The van der Waals surface area contributed by atoms with Crippen LogP contribution in [0.3, 0.4) is 0 Å². The third kappa shape index (κ3) is 1.09. The minimum absolute atomic E-state index is 0.0564. The number of imidazole rings is 1. The summed E-state index contributed by atoms with van der Waals surface area (Å²) in [5.74, 6) is 0.0564. The molecule has 2 aromatic rings. The number of alkyl halides is 1. The van der Waals surface area contributed by atoms with Crippen LogP contribution in [0.25, 0.3) is 4.96 Å². The fourth-order valence-electron chi connectivity index (χ4n) is 1.00. The van der Waals surface area contributed by atoms with Gasteiger partial charge in [-0.1, -0.05) is 15.9 Å². The van der Waals surface area contributed by atoms with Gasteiger partial charge in [-0.2, -0.15) is 0 Å². The molecule has 0 fully saturated rings. The molecule has 2 rings (SSSR count). The lowest BCUT2D eigenvalue weighted by Crippen LogP contribution is -2.02. The van der Waals surface area contributed by atoms with E-state index in [1.54, 1.807) is 10.6 Å². The number of ketones is 1. The van der Waals surface area contributed by atoms with E-state index >= 15 is 0 Å². The van der Waals surface area contributed by atoms with Crippen LogP contribution in [0.15, 0.2) is 17.8 Å². The number of halogens is 1. The van der Waals surface area contributed by atoms with Crippen molar-refractivity contribution in [2.75, 3.05) is 5.33 Å². The Bertz CT molecular complexity index is 420. The van der Waals surface area contributed by atoms with Crippen LogP contribution in [0.4, 0.5) is 0 Å². The molecule has 2 aromatic heterocycles. The summed E-state index contributed by atoms with van der Waals surface area (Å²) < 4.78 is 1.80. The van der Waals surface area contributed by atoms with Crippen molar-refractivity contribution in [1.82, 2.24) is 9.38 Å². The molecule has 0 saturated heterocycles. The molecule has 0 spiro atoms. The molecule has 2 heterocycles. The maximum Gasteiger partial charge on any atom is 0.194 e. The van der Waals surface area contributed by atoms with Crippen molar-refractivity contribution in [1.29, 1.82) is 0 Å². The maximum atomic E-state index is 11.3. The van der Waals surface area contributed by atoms with Crippen LogP contribution in [0.5, 0.6) is 0 Å². The number of fused-ring (bicyclic) bond motifs is 1. The molecule has 62 valence electrons. The summed E-state index contributed by atoms with van der Waals surface area (Å²) in [6.45, 7) is 0. The summed E-state index contributed by atoms with van der Waals surface area (Å²) >= 11 is 4.64. The predicted octanol–water partition coefficient (Wildman–Crippen LogP) is 1.97. The zero-order valence-electron chi connectivity index (χ0n) is 6.03. The summed E-state index contributed by atoms with van der Waals surface area (Å²) in [6, 6.07) is 0. The van der Waals surface area contributed by atoms with Crippen molar-refractivity contribution in [3.63, 3.8) is 0 Å². The molecule has 0 radical (unpaired) electrons. The summed E-state index contributed by atoms with van der Waals surface area (Å²) in [5, 5.41) is 2.25. The molecule has 0 amide bonds. The summed E-state index contributed by atoms with van der Waals surface area (Å²) in [5.41, 5.74) is 0.642. The highest BCUT2D eigenvalue weighted by molar-refractivity contribution is 9.09. The van der Waals surface area contributed by atoms with Gasteiger partial charge in [0, 0.05) is 11.6 Å². The highest BCUT2D eigenvalue weighted by atomic mass is 79.9. The first-order chi connectivity index (χ1) is 5.83. The van der Waals surface area contributed by atoms with Gasteiger partial charge >= 0.3 is 0 Å². The van der Waals surface area contributed by atoms with Crippen molar-refractivity contribution in [3.05, 3.63) is 23.5 Å². The van der Waals surface area contributed by atoms with E-state index in [4.69, 9.17) is 0 Å². The van der Waals surface area contributed by atoms with Crippen LogP contribution in [-0.2, 0) is 0 Å². The van der Waals surface area contributed by atoms with Crippen molar-refractivity contribution < 1.29 is 4.79 Å². The van der Waals surface area contributed by atoms with Crippen LogP contribution in [-0.4, -0.2) is 20.5 Å². The monoisotopic (exact) mass is 244 g/mol. The van der Waals surface area contributed by atoms with Gasteiger partial charge in [-0.3, -0.25) is 9.20 Å². The first-order valence-corrected chi connectivity index (χ1v) is 5.33. The number of carbonyl (C=O) groups excluding carboxylic acids is 1. The molecule has 3 nitrogen and oxygen atoms in total. The van der Waals surface area contributed by atoms with Crippen molar-refractivity contribution in [2.24, 2.45) is 0 Å². The maximum absolute atomic E-state index is 11.3. The van der Waals surface area contributed by atoms with E-state index in [1.807, 2.05) is 11.6 Å². The molecule has 0 bridgehead atoms. The first-order valence-electron chi connectivity index (χ1n) is 3.32. The van der Waals surface area contributed by atoms with Gasteiger partial charge < -0.3 is 0 Å². The second-order valence-electron chi connectivity index (χ2n) is 2.26. The molecular formula is C7H5BrN2OS. The number of carbonyl (C=O) groups is 1. The summed E-state index contributed by atoms with van der Waals surface area (Å²) in [4.78, 5) is 16.2. The van der Waals surface area contributed by atoms with Gasteiger partial charge in [0.05, 0.1) is 11.5 Å². The Morgan fingerprint density at radius 1 is 1.75 bits per heavy atom. The zero-order chi connectivity index (χ0) is 8.55. The van der Waals surface area contributed by atoms with Crippen molar-refractivity contribution >= 4 is 38.0 Å².